The second-order valence-electron chi connectivity index (χ2n) is 7.56. The van der Waals surface area contributed by atoms with Gasteiger partial charge in [0.05, 0.1) is 0 Å². The Bertz CT molecular complexity index is 681. The summed E-state index contributed by atoms with van der Waals surface area (Å²) in [5.74, 6) is 0.982. The Balaban J connectivity index is 1.35. The number of aromatic hydroxyl groups is 1. The average molecular weight is 370 g/mol. The number of phenolic OH excluding ortho intramolecular Hbond substituents is 1. The summed E-state index contributed by atoms with van der Waals surface area (Å²) in [5, 5.41) is 12.2. The van der Waals surface area contributed by atoms with Crippen molar-refractivity contribution in [3.05, 3.63) is 41.6 Å². The van der Waals surface area contributed by atoms with Crippen LogP contribution in [-0.2, 0) is 16.0 Å². The van der Waals surface area contributed by atoms with Crippen molar-refractivity contribution >= 4 is 11.8 Å². The van der Waals surface area contributed by atoms with Gasteiger partial charge in [-0.25, -0.2) is 0 Å². The third-order valence-corrected chi connectivity index (χ3v) is 5.54. The number of piperidine rings is 1. The molecule has 0 aromatic heterocycles. The SMILES string of the molecule is O=C(CCCC(=O)N1CCCC2CCCC=C21)NCCc1ccc(O)cc1. The van der Waals surface area contributed by atoms with E-state index in [1.165, 1.54) is 25.0 Å². The number of hydrogen-bond donors (Lipinski definition) is 2. The average Bonchev–Trinajstić information content (AvgIpc) is 2.69. The molecule has 0 saturated carbocycles. The quantitative estimate of drug-likeness (QED) is 0.771. The third kappa shape index (κ3) is 5.59. The van der Waals surface area contributed by atoms with Gasteiger partial charge < -0.3 is 15.3 Å². The summed E-state index contributed by atoms with van der Waals surface area (Å²) in [4.78, 5) is 26.6. The molecule has 5 nitrogen and oxygen atoms in total. The topological polar surface area (TPSA) is 69.6 Å². The molecule has 0 radical (unpaired) electrons. The molecule has 1 saturated heterocycles. The smallest absolute Gasteiger partial charge is 0.226 e. The fourth-order valence-electron chi connectivity index (χ4n) is 4.08. The zero-order valence-electron chi connectivity index (χ0n) is 16.0. The molecule has 0 spiro atoms. The first-order valence-corrected chi connectivity index (χ1v) is 10.2. The minimum Gasteiger partial charge on any atom is -0.508 e. The second kappa shape index (κ2) is 9.58. The van der Waals surface area contributed by atoms with Crippen molar-refractivity contribution < 1.29 is 14.7 Å². The first kappa shape index (κ1) is 19.5. The number of benzene rings is 1. The maximum atomic E-state index is 12.6. The molecule has 27 heavy (non-hydrogen) atoms. The lowest BCUT2D eigenvalue weighted by atomic mass is 9.85. The van der Waals surface area contributed by atoms with Gasteiger partial charge in [0.2, 0.25) is 11.8 Å². The first-order valence-electron chi connectivity index (χ1n) is 10.2. The number of nitrogens with zero attached hydrogens (tertiary/aromatic N) is 1. The van der Waals surface area contributed by atoms with Crippen molar-refractivity contribution in [1.29, 1.82) is 0 Å². The standard InChI is InChI=1S/C22H30N2O3/c25-19-12-10-17(11-13-19)14-15-23-21(26)8-3-9-22(27)24-16-4-6-18-5-1-2-7-20(18)24/h7,10-13,18,25H,1-6,8-9,14-16H2,(H,23,26). The normalized spacial score (nSPS) is 19.2. The molecule has 5 heteroatoms. The van der Waals surface area contributed by atoms with E-state index in [4.69, 9.17) is 0 Å². The van der Waals surface area contributed by atoms with E-state index >= 15 is 0 Å². The number of carbonyl (C=O) groups excluding carboxylic acids is 2. The van der Waals surface area contributed by atoms with Crippen molar-refractivity contribution in [3.8, 4) is 5.75 Å². The number of likely N-dealkylation sites (tertiary alicyclic amines) is 1. The van der Waals surface area contributed by atoms with Gasteiger partial charge in [0.25, 0.3) is 0 Å². The Kier molecular flexibility index (Phi) is 6.91. The lowest BCUT2D eigenvalue weighted by Gasteiger charge is -2.38. The van der Waals surface area contributed by atoms with Crippen LogP contribution in [0.2, 0.25) is 0 Å². The van der Waals surface area contributed by atoms with Gasteiger partial charge in [-0.2, -0.15) is 0 Å². The van der Waals surface area contributed by atoms with Crippen molar-refractivity contribution in [2.45, 2.75) is 57.8 Å². The van der Waals surface area contributed by atoms with Crippen LogP contribution in [0.15, 0.2) is 36.0 Å². The van der Waals surface area contributed by atoms with Crippen molar-refractivity contribution in [1.82, 2.24) is 10.2 Å². The number of fused-ring (bicyclic) bond motifs is 1. The molecule has 1 aromatic carbocycles. The van der Waals surface area contributed by atoms with Crippen LogP contribution in [0.1, 0.15) is 56.9 Å². The fraction of sp³-hybridized carbons (Fsp3) is 0.545. The maximum Gasteiger partial charge on any atom is 0.226 e. The first-order chi connectivity index (χ1) is 13.1. The number of nitrogens with one attached hydrogen (secondary N) is 1. The van der Waals surface area contributed by atoms with Crippen LogP contribution in [0.4, 0.5) is 0 Å². The van der Waals surface area contributed by atoms with E-state index in [1.54, 1.807) is 12.1 Å². The van der Waals surface area contributed by atoms with E-state index < -0.39 is 0 Å². The predicted octanol–water partition coefficient (Wildman–Crippen LogP) is 3.53. The summed E-state index contributed by atoms with van der Waals surface area (Å²) >= 11 is 0. The van der Waals surface area contributed by atoms with Gasteiger partial charge in [-0.1, -0.05) is 18.2 Å². The maximum absolute atomic E-state index is 12.6. The van der Waals surface area contributed by atoms with Crippen LogP contribution < -0.4 is 5.32 Å². The summed E-state index contributed by atoms with van der Waals surface area (Å²) < 4.78 is 0. The minimum atomic E-state index is -0.00465. The highest BCUT2D eigenvalue weighted by molar-refractivity contribution is 5.80. The molecule has 1 heterocycles. The summed E-state index contributed by atoms with van der Waals surface area (Å²) in [7, 11) is 0. The van der Waals surface area contributed by atoms with Gasteiger partial charge in [0, 0.05) is 31.6 Å². The molecule has 2 N–H and O–H groups in total. The molecule has 1 aliphatic heterocycles. The van der Waals surface area contributed by atoms with Crippen LogP contribution in [0.3, 0.4) is 0 Å². The third-order valence-electron chi connectivity index (χ3n) is 5.54. The number of phenols is 1. The van der Waals surface area contributed by atoms with E-state index in [0.29, 0.717) is 31.7 Å². The zero-order chi connectivity index (χ0) is 19.1. The van der Waals surface area contributed by atoms with E-state index in [-0.39, 0.29) is 17.6 Å². The van der Waals surface area contributed by atoms with Crippen LogP contribution in [0, 0.1) is 5.92 Å². The van der Waals surface area contributed by atoms with Gasteiger partial charge in [0.15, 0.2) is 0 Å². The summed E-state index contributed by atoms with van der Waals surface area (Å²) in [5.41, 5.74) is 2.32. The Morgan fingerprint density at radius 3 is 2.70 bits per heavy atom. The number of allylic oxidation sites excluding steroid dienone is 2. The van der Waals surface area contributed by atoms with Crippen LogP contribution in [0.25, 0.3) is 0 Å². The molecule has 1 fully saturated rings. The van der Waals surface area contributed by atoms with Gasteiger partial charge in [0.1, 0.15) is 5.75 Å². The van der Waals surface area contributed by atoms with E-state index in [1.807, 2.05) is 17.0 Å². The molecule has 1 aliphatic carbocycles. The monoisotopic (exact) mass is 370 g/mol. The second-order valence-corrected chi connectivity index (χ2v) is 7.56. The van der Waals surface area contributed by atoms with Gasteiger partial charge in [-0.05, 0) is 68.6 Å². The molecule has 146 valence electrons. The summed E-state index contributed by atoms with van der Waals surface area (Å²) in [6.07, 6.45) is 10.2. The lowest BCUT2D eigenvalue weighted by molar-refractivity contribution is -0.130. The van der Waals surface area contributed by atoms with Crippen LogP contribution in [0.5, 0.6) is 5.75 Å². The number of rotatable bonds is 7. The Morgan fingerprint density at radius 2 is 1.89 bits per heavy atom. The van der Waals surface area contributed by atoms with Crippen LogP contribution in [-0.4, -0.2) is 34.9 Å². The molecule has 3 rings (SSSR count). The van der Waals surface area contributed by atoms with E-state index in [9.17, 15) is 14.7 Å². The number of amides is 2. The zero-order valence-corrected chi connectivity index (χ0v) is 16.0. The van der Waals surface area contributed by atoms with Crippen molar-refractivity contribution in [3.63, 3.8) is 0 Å². The fourth-order valence-corrected chi connectivity index (χ4v) is 4.08. The van der Waals surface area contributed by atoms with Gasteiger partial charge >= 0.3 is 0 Å². The molecule has 1 aromatic rings. The number of carbonyl (C=O) groups is 2. The highest BCUT2D eigenvalue weighted by Gasteiger charge is 2.29. The van der Waals surface area contributed by atoms with Crippen molar-refractivity contribution in [2.24, 2.45) is 5.92 Å². The number of hydrogen-bond acceptors (Lipinski definition) is 3. The van der Waals surface area contributed by atoms with Gasteiger partial charge in [-0.3, -0.25) is 9.59 Å². The van der Waals surface area contributed by atoms with Crippen molar-refractivity contribution in [2.75, 3.05) is 13.1 Å². The Labute approximate surface area is 161 Å². The minimum absolute atomic E-state index is 0.00465. The largest absolute Gasteiger partial charge is 0.508 e. The molecular formula is C22H30N2O3. The Hall–Kier alpha value is -2.30. The lowest BCUT2D eigenvalue weighted by Crippen LogP contribution is -2.39. The van der Waals surface area contributed by atoms with E-state index in [0.717, 1.165) is 31.4 Å². The van der Waals surface area contributed by atoms with E-state index in [2.05, 4.69) is 11.4 Å². The van der Waals surface area contributed by atoms with Crippen LogP contribution >= 0.6 is 0 Å². The predicted molar refractivity (Wildman–Crippen MR) is 105 cm³/mol. The molecule has 1 atom stereocenters. The highest BCUT2D eigenvalue weighted by atomic mass is 16.3. The van der Waals surface area contributed by atoms with Gasteiger partial charge in [-0.15, -0.1) is 0 Å². The molecule has 0 bridgehead atoms. The molecular weight excluding hydrogens is 340 g/mol. The summed E-state index contributed by atoms with van der Waals surface area (Å²) in [6, 6.07) is 7.00. The molecule has 2 aliphatic rings. The highest BCUT2D eigenvalue weighted by Crippen LogP contribution is 2.35. The molecule has 2 amide bonds. The Morgan fingerprint density at radius 1 is 1.11 bits per heavy atom. The summed E-state index contributed by atoms with van der Waals surface area (Å²) in [6.45, 7) is 1.40. The molecule has 1 unspecified atom stereocenters.